The van der Waals surface area contributed by atoms with E-state index in [0.29, 0.717) is 53.9 Å². The first-order valence-corrected chi connectivity index (χ1v) is 17.0. The fraction of sp³-hybridized carbons (Fsp3) is 0.444. The third-order valence-electron chi connectivity index (χ3n) is 7.40. The van der Waals surface area contributed by atoms with Gasteiger partial charge in [0.25, 0.3) is 5.78 Å². The molecule has 0 spiro atoms. The second-order valence-corrected chi connectivity index (χ2v) is 12.6. The van der Waals surface area contributed by atoms with Crippen LogP contribution in [0.4, 0.5) is 5.13 Å². The van der Waals surface area contributed by atoms with Crippen molar-refractivity contribution in [3.63, 3.8) is 0 Å². The highest BCUT2D eigenvalue weighted by Gasteiger charge is 2.48. The SMILES string of the molecule is CCCCOc1ccc(C(O)=C2C(=O)C(=O)N(c3nc(C)c(C(=O)OCC(C)C)s3)[C@H]2c2ccc(OCCCC)c(OCC)c2)cc1. The van der Waals surface area contributed by atoms with Crippen LogP contribution in [0, 0.1) is 12.8 Å². The molecule has 1 aromatic heterocycles. The third kappa shape index (κ3) is 8.32. The van der Waals surface area contributed by atoms with Crippen LogP contribution < -0.4 is 19.1 Å². The molecule has 1 fully saturated rings. The standard InChI is InChI=1S/C36H44N2O8S/c1-7-10-18-44-26-15-12-24(13-16-26)31(39)29-30(25-14-17-27(45-19-11-8-2)28(20-25)43-9-3)38(34(41)32(29)40)36-37-23(6)33(47-36)35(42)46-21-22(4)5/h12-17,20,22,30,39H,7-11,18-19,21H2,1-6H3/t30-/m0/s1. The van der Waals surface area contributed by atoms with Gasteiger partial charge < -0.3 is 24.1 Å². The molecule has 1 aliphatic rings. The molecule has 1 saturated heterocycles. The number of anilines is 1. The van der Waals surface area contributed by atoms with Crippen LogP contribution in [-0.4, -0.2) is 54.2 Å². The molecule has 0 radical (unpaired) electrons. The Bertz CT molecular complexity index is 1590. The van der Waals surface area contributed by atoms with E-state index in [4.69, 9.17) is 18.9 Å². The minimum Gasteiger partial charge on any atom is -0.507 e. The maximum Gasteiger partial charge on any atom is 0.350 e. The molecule has 2 aromatic carbocycles. The molecule has 1 atom stereocenters. The van der Waals surface area contributed by atoms with Crippen molar-refractivity contribution in [2.45, 2.75) is 73.3 Å². The Morgan fingerprint density at radius 2 is 1.64 bits per heavy atom. The topological polar surface area (TPSA) is 124 Å². The van der Waals surface area contributed by atoms with Crippen LogP contribution in [0.1, 0.15) is 92.8 Å². The Kier molecular flexibility index (Phi) is 12.4. The van der Waals surface area contributed by atoms with Crippen molar-refractivity contribution < 1.29 is 38.4 Å². The van der Waals surface area contributed by atoms with Gasteiger partial charge >= 0.3 is 11.9 Å². The molecular formula is C36H44N2O8S. The highest BCUT2D eigenvalue weighted by molar-refractivity contribution is 7.17. The largest absolute Gasteiger partial charge is 0.507 e. The lowest BCUT2D eigenvalue weighted by Gasteiger charge is -2.24. The molecule has 3 aromatic rings. The molecule has 1 aliphatic heterocycles. The summed E-state index contributed by atoms with van der Waals surface area (Å²) in [6.07, 6.45) is 3.73. The van der Waals surface area contributed by atoms with E-state index in [1.807, 2.05) is 20.8 Å². The van der Waals surface area contributed by atoms with Gasteiger partial charge in [-0.2, -0.15) is 0 Å². The van der Waals surface area contributed by atoms with Crippen LogP contribution in [0.5, 0.6) is 17.2 Å². The number of ketones is 1. The van der Waals surface area contributed by atoms with Crippen LogP contribution in [0.3, 0.4) is 0 Å². The van der Waals surface area contributed by atoms with E-state index in [1.54, 1.807) is 49.4 Å². The van der Waals surface area contributed by atoms with Crippen molar-refractivity contribution in [1.82, 2.24) is 4.98 Å². The number of nitrogens with zero attached hydrogens (tertiary/aromatic N) is 2. The molecule has 47 heavy (non-hydrogen) atoms. The second-order valence-electron chi connectivity index (χ2n) is 11.6. The van der Waals surface area contributed by atoms with Gasteiger partial charge in [0.15, 0.2) is 16.6 Å². The van der Waals surface area contributed by atoms with Gasteiger partial charge in [-0.25, -0.2) is 9.78 Å². The van der Waals surface area contributed by atoms with Crippen LogP contribution in [-0.2, 0) is 14.3 Å². The van der Waals surface area contributed by atoms with Crippen molar-refractivity contribution >= 4 is 39.9 Å². The number of hydrogen-bond acceptors (Lipinski definition) is 10. The Balaban J connectivity index is 1.83. The van der Waals surface area contributed by atoms with Gasteiger partial charge in [0.1, 0.15) is 16.4 Å². The zero-order valence-corrected chi connectivity index (χ0v) is 28.8. The van der Waals surface area contributed by atoms with Crippen LogP contribution in [0.15, 0.2) is 48.0 Å². The van der Waals surface area contributed by atoms with Crippen molar-refractivity contribution in [2.24, 2.45) is 5.92 Å². The summed E-state index contributed by atoms with van der Waals surface area (Å²) in [5, 5.41) is 11.8. The number of carbonyl (C=O) groups excluding carboxylic acids is 3. The first kappa shape index (κ1) is 35.5. The summed E-state index contributed by atoms with van der Waals surface area (Å²) >= 11 is 0.963. The van der Waals surface area contributed by atoms with E-state index in [0.717, 1.165) is 37.0 Å². The Morgan fingerprint density at radius 1 is 0.957 bits per heavy atom. The molecule has 0 saturated carbocycles. The average Bonchev–Trinajstić information content (AvgIpc) is 3.56. The Hall–Kier alpha value is -4.38. The van der Waals surface area contributed by atoms with E-state index in [1.165, 1.54) is 4.90 Å². The molecule has 10 nitrogen and oxygen atoms in total. The van der Waals surface area contributed by atoms with Gasteiger partial charge in [0.05, 0.1) is 43.7 Å². The van der Waals surface area contributed by atoms with Gasteiger partial charge in [0, 0.05) is 5.56 Å². The van der Waals surface area contributed by atoms with Crippen molar-refractivity contribution in [2.75, 3.05) is 31.3 Å². The molecule has 4 rings (SSSR count). The maximum atomic E-state index is 13.8. The Morgan fingerprint density at radius 3 is 2.28 bits per heavy atom. The van der Waals surface area contributed by atoms with Gasteiger partial charge in [-0.05, 0) is 74.6 Å². The van der Waals surface area contributed by atoms with Gasteiger partial charge in [-0.3, -0.25) is 14.5 Å². The van der Waals surface area contributed by atoms with Crippen LogP contribution in [0.25, 0.3) is 5.76 Å². The molecular weight excluding hydrogens is 620 g/mol. The average molecular weight is 665 g/mol. The van der Waals surface area contributed by atoms with Gasteiger partial charge in [-0.15, -0.1) is 0 Å². The normalized spacial score (nSPS) is 15.7. The number of rotatable bonds is 16. The molecule has 1 N–H and O–H groups in total. The maximum absolute atomic E-state index is 13.8. The lowest BCUT2D eigenvalue weighted by molar-refractivity contribution is -0.132. The van der Waals surface area contributed by atoms with E-state index in [2.05, 4.69) is 18.8 Å². The fourth-order valence-electron chi connectivity index (χ4n) is 4.94. The van der Waals surface area contributed by atoms with Crippen LogP contribution in [0.2, 0.25) is 0 Å². The van der Waals surface area contributed by atoms with Crippen molar-refractivity contribution in [3.8, 4) is 17.2 Å². The van der Waals surface area contributed by atoms with E-state index < -0.39 is 23.7 Å². The summed E-state index contributed by atoms with van der Waals surface area (Å²) in [6, 6.07) is 10.8. The van der Waals surface area contributed by atoms with E-state index in [-0.39, 0.29) is 33.9 Å². The number of benzene rings is 2. The van der Waals surface area contributed by atoms with Crippen molar-refractivity contribution in [1.29, 1.82) is 0 Å². The van der Waals surface area contributed by atoms with Gasteiger partial charge in [-0.1, -0.05) is 57.9 Å². The predicted octanol–water partition coefficient (Wildman–Crippen LogP) is 7.65. The number of unbranched alkanes of at least 4 members (excludes halogenated alkanes) is 2. The molecule has 2 heterocycles. The summed E-state index contributed by atoms with van der Waals surface area (Å²) in [5.41, 5.74) is 1.09. The predicted molar refractivity (Wildman–Crippen MR) is 182 cm³/mol. The highest BCUT2D eigenvalue weighted by atomic mass is 32.1. The number of carbonyl (C=O) groups is 3. The summed E-state index contributed by atoms with van der Waals surface area (Å²) < 4.78 is 23.1. The molecule has 0 aliphatic carbocycles. The lowest BCUT2D eigenvalue weighted by Crippen LogP contribution is -2.29. The molecule has 0 bridgehead atoms. The summed E-state index contributed by atoms with van der Waals surface area (Å²) in [7, 11) is 0. The molecule has 252 valence electrons. The smallest absolute Gasteiger partial charge is 0.350 e. The molecule has 0 unspecified atom stereocenters. The zero-order chi connectivity index (χ0) is 34.1. The monoisotopic (exact) mass is 664 g/mol. The van der Waals surface area contributed by atoms with E-state index in [9.17, 15) is 19.5 Å². The summed E-state index contributed by atoms with van der Waals surface area (Å²) in [4.78, 5) is 46.5. The number of aliphatic hydroxyl groups is 1. The fourth-order valence-corrected chi connectivity index (χ4v) is 5.92. The minimum absolute atomic E-state index is 0.117. The minimum atomic E-state index is -1.08. The number of aromatic nitrogens is 1. The quantitative estimate of drug-likeness (QED) is 0.0541. The first-order chi connectivity index (χ1) is 22.6. The number of Topliss-reactive ketones (excluding diaryl/α,β-unsaturated/α-hetero) is 1. The number of hydrogen-bond donors (Lipinski definition) is 1. The second kappa shape index (κ2) is 16.4. The summed E-state index contributed by atoms with van der Waals surface area (Å²) in [6.45, 7) is 13.2. The lowest BCUT2D eigenvalue weighted by atomic mass is 9.95. The highest BCUT2D eigenvalue weighted by Crippen LogP contribution is 2.45. The Labute approximate surface area is 280 Å². The number of amides is 1. The first-order valence-electron chi connectivity index (χ1n) is 16.2. The number of aliphatic hydroxyl groups excluding tert-OH is 1. The number of aryl methyl sites for hydroxylation is 1. The van der Waals surface area contributed by atoms with Crippen LogP contribution >= 0.6 is 11.3 Å². The summed E-state index contributed by atoms with van der Waals surface area (Å²) in [5.74, 6) is -0.934. The van der Waals surface area contributed by atoms with Crippen molar-refractivity contribution in [3.05, 3.63) is 69.7 Å². The third-order valence-corrected chi connectivity index (χ3v) is 8.54. The number of ether oxygens (including phenoxy) is 4. The van der Waals surface area contributed by atoms with Gasteiger partial charge in [0.2, 0.25) is 0 Å². The zero-order valence-electron chi connectivity index (χ0n) is 28.0. The molecule has 11 heteroatoms. The number of esters is 1. The molecule has 1 amide bonds. The van der Waals surface area contributed by atoms with E-state index >= 15 is 0 Å². The number of thiazole rings is 1.